The van der Waals surface area contributed by atoms with Crippen molar-refractivity contribution in [2.75, 3.05) is 12.2 Å². The van der Waals surface area contributed by atoms with Crippen LogP contribution in [0.3, 0.4) is 0 Å². The second-order valence-electron chi connectivity index (χ2n) is 4.71. The Morgan fingerprint density at radius 1 is 1.29 bits per heavy atom. The van der Waals surface area contributed by atoms with Gasteiger partial charge in [0.2, 0.25) is 0 Å². The molecule has 21 heavy (non-hydrogen) atoms. The fourth-order valence-corrected chi connectivity index (χ4v) is 2.33. The molecule has 0 saturated carbocycles. The summed E-state index contributed by atoms with van der Waals surface area (Å²) in [5, 5.41) is 0. The van der Waals surface area contributed by atoms with Crippen LogP contribution in [0.4, 0.5) is 0 Å². The monoisotopic (exact) mass is 377 g/mol. The van der Waals surface area contributed by atoms with Crippen molar-refractivity contribution < 1.29 is 37.4 Å². The van der Waals surface area contributed by atoms with Crippen molar-refractivity contribution in [2.45, 2.75) is 13.8 Å². The topological polar surface area (TPSA) is 31.2 Å². The number of hydrogen-bond acceptors (Lipinski definition) is 3. The normalized spacial score (nSPS) is 10.1. The number of pyridine rings is 1. The van der Waals surface area contributed by atoms with Crippen LogP contribution in [-0.2, 0) is 39.8 Å². The predicted octanol–water partition coefficient (Wildman–Crippen LogP) is 3.17. The van der Waals surface area contributed by atoms with Crippen LogP contribution in [0.1, 0.15) is 11.1 Å². The Morgan fingerprint density at radius 2 is 2.00 bits per heavy atom. The average molecular weight is 377 g/mol. The van der Waals surface area contributed by atoms with E-state index in [2.05, 4.69) is 6.07 Å². The summed E-state index contributed by atoms with van der Waals surface area (Å²) in [7, 11) is 1.78. The molecule has 5 heteroatoms. The molecule has 3 nitrogen and oxygen atoms in total. The molecular formula is C16H18NO2SY-. The largest absolute Gasteiger partial charge is 0.483 e. The Labute approximate surface area is 155 Å². The molecule has 0 N–H and O–H groups in total. The van der Waals surface area contributed by atoms with E-state index in [0.717, 1.165) is 22.6 Å². The van der Waals surface area contributed by atoms with Crippen LogP contribution in [0, 0.1) is 19.9 Å². The summed E-state index contributed by atoms with van der Waals surface area (Å²) >= 11 is 1.64. The molecule has 0 aliphatic heterocycles. The molecule has 0 bridgehead atoms. The zero-order chi connectivity index (χ0) is 14.7. The van der Waals surface area contributed by atoms with Crippen LogP contribution in [0.2, 0.25) is 0 Å². The van der Waals surface area contributed by atoms with E-state index < -0.39 is 0 Å². The third-order valence-corrected chi connectivity index (χ3v) is 3.55. The first-order valence-corrected chi connectivity index (χ1v) is 7.75. The van der Waals surface area contributed by atoms with Crippen LogP contribution < -0.4 is 10.3 Å². The SMILES string of the molecule is CSCOc1ccc(-c2[c-]cc(C)c(=O)n2C)c(C)c1.[Y]. The summed E-state index contributed by atoms with van der Waals surface area (Å²) in [4.78, 5) is 12.0. The Morgan fingerprint density at radius 3 is 2.62 bits per heavy atom. The minimum absolute atomic E-state index is 0. The summed E-state index contributed by atoms with van der Waals surface area (Å²) in [5.74, 6) is 1.48. The molecule has 0 atom stereocenters. The van der Waals surface area contributed by atoms with Gasteiger partial charge in [-0.15, -0.1) is 17.8 Å². The summed E-state index contributed by atoms with van der Waals surface area (Å²) in [5.41, 5.74) is 3.59. The first-order chi connectivity index (χ1) is 9.54. The number of rotatable bonds is 4. The Kier molecular flexibility index (Phi) is 7.18. The molecule has 2 rings (SSSR count). The van der Waals surface area contributed by atoms with E-state index >= 15 is 0 Å². The van der Waals surface area contributed by atoms with E-state index in [1.807, 2.05) is 31.4 Å². The number of aromatic nitrogens is 1. The minimum Gasteiger partial charge on any atom is -0.483 e. The van der Waals surface area contributed by atoms with Crippen molar-refractivity contribution in [2.24, 2.45) is 7.05 Å². The third-order valence-electron chi connectivity index (χ3n) is 3.20. The fourth-order valence-electron chi connectivity index (χ4n) is 2.08. The molecule has 0 fully saturated rings. The summed E-state index contributed by atoms with van der Waals surface area (Å²) in [6.07, 6.45) is 2.00. The van der Waals surface area contributed by atoms with Gasteiger partial charge >= 0.3 is 0 Å². The van der Waals surface area contributed by atoms with Crippen molar-refractivity contribution in [3.05, 3.63) is 51.8 Å². The van der Waals surface area contributed by atoms with Crippen molar-refractivity contribution in [1.29, 1.82) is 0 Å². The van der Waals surface area contributed by atoms with Crippen LogP contribution in [0.25, 0.3) is 11.3 Å². The van der Waals surface area contributed by atoms with E-state index in [9.17, 15) is 4.79 Å². The van der Waals surface area contributed by atoms with E-state index in [4.69, 9.17) is 4.74 Å². The Balaban J connectivity index is 0.00000220. The summed E-state index contributed by atoms with van der Waals surface area (Å²) < 4.78 is 7.22. The van der Waals surface area contributed by atoms with Crippen molar-refractivity contribution >= 4 is 11.8 Å². The van der Waals surface area contributed by atoms with Gasteiger partial charge in [0.1, 0.15) is 11.7 Å². The maximum atomic E-state index is 12.0. The van der Waals surface area contributed by atoms with Crippen LogP contribution in [0.15, 0.2) is 29.1 Å². The second kappa shape index (κ2) is 8.16. The Bertz CT molecular complexity index is 682. The molecule has 1 heterocycles. The number of hydrogen-bond donors (Lipinski definition) is 0. The van der Waals surface area contributed by atoms with Crippen molar-refractivity contribution in [3.63, 3.8) is 0 Å². The summed E-state index contributed by atoms with van der Waals surface area (Å²) in [6, 6.07) is 10.8. The molecule has 1 aromatic carbocycles. The first-order valence-electron chi connectivity index (χ1n) is 6.35. The zero-order valence-electron chi connectivity index (χ0n) is 12.8. The van der Waals surface area contributed by atoms with Gasteiger partial charge in [0.05, 0.1) is 0 Å². The van der Waals surface area contributed by atoms with Gasteiger partial charge in [0.15, 0.2) is 5.56 Å². The van der Waals surface area contributed by atoms with Gasteiger partial charge in [-0.05, 0) is 18.4 Å². The van der Waals surface area contributed by atoms with E-state index in [1.165, 1.54) is 0 Å². The van der Waals surface area contributed by atoms with Crippen molar-refractivity contribution in [3.8, 4) is 17.0 Å². The molecule has 0 saturated heterocycles. The second-order valence-corrected chi connectivity index (χ2v) is 5.53. The van der Waals surface area contributed by atoms with Gasteiger partial charge in [-0.25, -0.2) is 0 Å². The van der Waals surface area contributed by atoms with E-state index in [0.29, 0.717) is 11.5 Å². The summed E-state index contributed by atoms with van der Waals surface area (Å²) in [6.45, 7) is 3.81. The number of nitrogens with zero attached hydrogens (tertiary/aromatic N) is 1. The molecule has 1 radical (unpaired) electrons. The van der Waals surface area contributed by atoms with Crippen LogP contribution >= 0.6 is 11.8 Å². The quantitative estimate of drug-likeness (QED) is 0.606. The molecule has 0 aliphatic rings. The maximum Gasteiger partial charge on any atom is 0.197 e. The van der Waals surface area contributed by atoms with Gasteiger partial charge in [0, 0.05) is 39.8 Å². The molecule has 0 aliphatic carbocycles. The molecular weight excluding hydrogens is 359 g/mol. The predicted molar refractivity (Wildman–Crippen MR) is 84.4 cm³/mol. The molecule has 2 aromatic rings. The Hall–Kier alpha value is -0.576. The zero-order valence-corrected chi connectivity index (χ0v) is 16.4. The van der Waals surface area contributed by atoms with Gasteiger partial charge in [-0.1, -0.05) is 36.2 Å². The average Bonchev–Trinajstić information content (AvgIpc) is 2.44. The van der Waals surface area contributed by atoms with E-state index in [-0.39, 0.29) is 38.3 Å². The molecule has 1 aromatic heterocycles. The van der Waals surface area contributed by atoms with E-state index in [1.54, 1.807) is 36.4 Å². The maximum absolute atomic E-state index is 12.0. The van der Waals surface area contributed by atoms with Gasteiger partial charge < -0.3 is 9.30 Å². The third kappa shape index (κ3) is 4.21. The molecule has 109 valence electrons. The fraction of sp³-hybridized carbons (Fsp3) is 0.312. The number of aryl methyl sites for hydroxylation is 2. The minimum atomic E-state index is 0. The van der Waals surface area contributed by atoms with Crippen LogP contribution in [0.5, 0.6) is 5.75 Å². The number of thioether (sulfide) groups is 1. The molecule has 0 unspecified atom stereocenters. The van der Waals surface area contributed by atoms with Gasteiger partial charge in [0.25, 0.3) is 0 Å². The number of benzene rings is 1. The number of ether oxygens (including phenoxy) is 1. The van der Waals surface area contributed by atoms with Crippen molar-refractivity contribution in [1.82, 2.24) is 4.57 Å². The standard InChI is InChI=1S/C16H18NO2S.Y/c1-11-5-8-15(17(3)16(11)18)14-7-6-13(9-12(14)2)19-10-20-4;/h5-7,9H,10H2,1-4H3;/q-1;. The van der Waals surface area contributed by atoms with Gasteiger partial charge in [-0.3, -0.25) is 4.79 Å². The molecule has 0 amide bonds. The molecule has 0 spiro atoms. The van der Waals surface area contributed by atoms with Crippen LogP contribution in [-0.4, -0.2) is 16.8 Å². The first kappa shape index (κ1) is 18.5. The van der Waals surface area contributed by atoms with Gasteiger partial charge in [-0.2, -0.15) is 12.1 Å². The smallest absolute Gasteiger partial charge is 0.197 e.